The van der Waals surface area contributed by atoms with Crippen molar-refractivity contribution in [1.82, 2.24) is 9.13 Å². The van der Waals surface area contributed by atoms with Crippen molar-refractivity contribution in [3.8, 4) is 22.6 Å². The van der Waals surface area contributed by atoms with Gasteiger partial charge in [-0.25, -0.2) is 0 Å². The highest BCUT2D eigenvalue weighted by atomic mass is 35.5. The van der Waals surface area contributed by atoms with Crippen molar-refractivity contribution in [2.45, 2.75) is 6.92 Å². The van der Waals surface area contributed by atoms with E-state index in [9.17, 15) is 14.4 Å². The van der Waals surface area contributed by atoms with Crippen LogP contribution in [0.4, 0.5) is 34.1 Å². The van der Waals surface area contributed by atoms with Crippen molar-refractivity contribution in [1.29, 1.82) is 0 Å². The SMILES string of the molecule is COc1c(C(=O)N(C)c2cccc(C)c2)cc2ccc3c4cc(Cl)ccc4n(C)c3c2c1N=Nc1ccc2c(c1)C(=O)c1cc(N=Nc3c(OC)c(C(=O)N(C)c4ccccc4Cl)cc4ccc5c6cc(Cl)ccc6n(C)c5c34)ccc1-2. The second kappa shape index (κ2) is 20.0. The molecular formula is C66H47Cl3N8O5. The first kappa shape index (κ1) is 52.0. The highest BCUT2D eigenvalue weighted by Crippen LogP contribution is 2.49. The highest BCUT2D eigenvalue weighted by molar-refractivity contribution is 6.35. The zero-order chi connectivity index (χ0) is 57.0. The minimum Gasteiger partial charge on any atom is -0.494 e. The Kier molecular flexibility index (Phi) is 12.7. The third-order valence-corrected chi connectivity index (χ3v) is 16.5. The lowest BCUT2D eigenvalue weighted by Gasteiger charge is -2.21. The minimum absolute atomic E-state index is 0.201. The predicted molar refractivity (Wildman–Crippen MR) is 331 cm³/mol. The number of benzene rings is 10. The van der Waals surface area contributed by atoms with Crippen LogP contribution in [0.1, 0.15) is 42.2 Å². The van der Waals surface area contributed by atoms with Crippen LogP contribution in [-0.2, 0) is 14.1 Å². The maximum absolute atomic E-state index is 14.6. The number of rotatable bonds is 10. The first-order valence-electron chi connectivity index (χ1n) is 26.1. The number of hydrogen-bond acceptors (Lipinski definition) is 9. The van der Waals surface area contributed by atoms with Crippen molar-refractivity contribution < 1.29 is 23.9 Å². The molecule has 0 saturated carbocycles. The number of aryl methyl sites for hydroxylation is 3. The zero-order valence-electron chi connectivity index (χ0n) is 45.3. The van der Waals surface area contributed by atoms with Crippen LogP contribution >= 0.6 is 34.8 Å². The fourth-order valence-corrected chi connectivity index (χ4v) is 12.4. The van der Waals surface area contributed by atoms with E-state index in [1.54, 1.807) is 67.5 Å². The van der Waals surface area contributed by atoms with Crippen LogP contribution in [0.3, 0.4) is 0 Å². The summed E-state index contributed by atoms with van der Waals surface area (Å²) in [6.45, 7) is 1.98. The zero-order valence-corrected chi connectivity index (χ0v) is 47.5. The van der Waals surface area contributed by atoms with Gasteiger partial charge in [-0.15, -0.1) is 10.2 Å². The summed E-state index contributed by atoms with van der Waals surface area (Å²) in [5.41, 5.74) is 10.1. The molecule has 0 N–H and O–H groups in total. The molecule has 0 spiro atoms. The van der Waals surface area contributed by atoms with Gasteiger partial charge in [0.15, 0.2) is 17.3 Å². The first-order valence-corrected chi connectivity index (χ1v) is 27.2. The number of halogens is 3. The van der Waals surface area contributed by atoms with Gasteiger partial charge < -0.3 is 28.4 Å². The molecule has 0 unspecified atom stereocenters. The van der Waals surface area contributed by atoms with Crippen LogP contribution in [0.15, 0.2) is 178 Å². The Morgan fingerprint density at radius 3 is 1.49 bits per heavy atom. The van der Waals surface area contributed by atoms with E-state index in [0.717, 1.165) is 60.2 Å². The van der Waals surface area contributed by atoms with Crippen LogP contribution in [0, 0.1) is 6.92 Å². The second-order valence-electron chi connectivity index (χ2n) is 20.4. The molecule has 0 atom stereocenters. The molecule has 13 nitrogen and oxygen atoms in total. The summed E-state index contributed by atoms with van der Waals surface area (Å²) in [6, 6.07) is 48.7. The van der Waals surface area contributed by atoms with Crippen LogP contribution in [0.25, 0.3) is 76.3 Å². The lowest BCUT2D eigenvalue weighted by atomic mass is 9.99. The van der Waals surface area contributed by atoms with Crippen molar-refractivity contribution in [2.24, 2.45) is 34.6 Å². The number of fused-ring (bicyclic) bond motifs is 13. The normalized spacial score (nSPS) is 12.3. The van der Waals surface area contributed by atoms with Gasteiger partial charge in [-0.05, 0) is 131 Å². The lowest BCUT2D eigenvalue weighted by Crippen LogP contribution is -2.27. The molecule has 0 radical (unpaired) electrons. The average molecular weight is 1140 g/mol. The van der Waals surface area contributed by atoms with Crippen LogP contribution < -0.4 is 19.3 Å². The van der Waals surface area contributed by atoms with Crippen LogP contribution in [0.5, 0.6) is 11.5 Å². The van der Waals surface area contributed by atoms with Gasteiger partial charge in [-0.2, -0.15) is 10.2 Å². The number of para-hydroxylation sites is 1. The van der Waals surface area contributed by atoms with E-state index in [1.165, 1.54) is 19.1 Å². The summed E-state index contributed by atoms with van der Waals surface area (Å²) < 4.78 is 16.5. The van der Waals surface area contributed by atoms with E-state index in [4.69, 9.17) is 64.7 Å². The molecule has 12 aromatic rings. The number of ether oxygens (including phenoxy) is 2. The third-order valence-electron chi connectivity index (χ3n) is 15.7. The summed E-state index contributed by atoms with van der Waals surface area (Å²) in [6.07, 6.45) is 0. The topological polar surface area (TPSA) is 135 Å². The van der Waals surface area contributed by atoms with Crippen molar-refractivity contribution >= 4 is 152 Å². The fraction of sp³-hybridized carbons (Fsp3) is 0.106. The van der Waals surface area contributed by atoms with Crippen molar-refractivity contribution in [3.05, 3.63) is 201 Å². The largest absolute Gasteiger partial charge is 0.494 e. The van der Waals surface area contributed by atoms with Gasteiger partial charge >= 0.3 is 0 Å². The first-order chi connectivity index (χ1) is 39.6. The van der Waals surface area contributed by atoms with Crippen LogP contribution in [0.2, 0.25) is 15.1 Å². The maximum atomic E-state index is 14.6. The Hall–Kier alpha value is -9.40. The van der Waals surface area contributed by atoms with Gasteiger partial charge in [0.05, 0.1) is 58.5 Å². The standard InChI is InChI=1S/C66H47Cl3N8O5/c1-34-11-10-12-41(27-34)74(2)65(79)50-28-35-15-21-44-46-30-37(67)17-25-53(46)75(3)60(44)56(35)58(63(50)81-6)72-70-39-19-23-42-43-24-20-40(33-49(43)62(78)48(42)32-39)71-73-59-57-36(16-22-45-47-31-38(68)18-26-54(47)76(4)61(45)57)29-51(64(59)82-7)66(80)77(5)55-14-9-8-13-52(55)69/h8-33H,1-7H3. The molecule has 2 heterocycles. The lowest BCUT2D eigenvalue weighted by molar-refractivity contribution is 0.0982. The monoisotopic (exact) mass is 1140 g/mol. The molecule has 0 saturated heterocycles. The van der Waals surface area contributed by atoms with E-state index in [-0.39, 0.29) is 34.7 Å². The molecule has 2 amide bonds. The quantitative estimate of drug-likeness (QED) is 0.126. The number of aromatic nitrogens is 2. The number of carbonyl (C=O) groups is 3. The van der Waals surface area contributed by atoms with Gasteiger partial charge in [0, 0.05) is 98.4 Å². The number of methoxy groups -OCH3 is 2. The summed E-state index contributed by atoms with van der Waals surface area (Å²) in [5, 5.41) is 27.7. The van der Waals surface area contributed by atoms with E-state index >= 15 is 0 Å². The number of azo groups is 2. The van der Waals surface area contributed by atoms with Gasteiger partial charge in [-0.3, -0.25) is 14.4 Å². The third kappa shape index (κ3) is 8.25. The summed E-state index contributed by atoms with van der Waals surface area (Å²) >= 11 is 19.7. The van der Waals surface area contributed by atoms with E-state index in [0.29, 0.717) is 87.5 Å². The summed E-state index contributed by atoms with van der Waals surface area (Å²) in [5.74, 6) is -0.475. The number of amides is 2. The molecule has 10 aromatic carbocycles. The van der Waals surface area contributed by atoms with Gasteiger partial charge in [0.2, 0.25) is 0 Å². The number of carbonyl (C=O) groups excluding carboxylic acids is 3. The molecule has 1 aliphatic carbocycles. The molecule has 402 valence electrons. The van der Waals surface area contributed by atoms with E-state index in [2.05, 4.69) is 9.13 Å². The van der Waals surface area contributed by atoms with E-state index < -0.39 is 0 Å². The molecule has 2 aromatic heterocycles. The van der Waals surface area contributed by atoms with Gasteiger partial charge in [0.1, 0.15) is 11.4 Å². The maximum Gasteiger partial charge on any atom is 0.261 e. The summed E-state index contributed by atoms with van der Waals surface area (Å²) in [7, 11) is 10.4. The predicted octanol–water partition coefficient (Wildman–Crippen LogP) is 18.2. The molecule has 0 fully saturated rings. The Morgan fingerprint density at radius 2 is 1.00 bits per heavy atom. The molecule has 0 bridgehead atoms. The Morgan fingerprint density at radius 1 is 0.500 bits per heavy atom. The van der Waals surface area contributed by atoms with Crippen molar-refractivity contribution in [3.63, 3.8) is 0 Å². The number of nitrogens with zero attached hydrogens (tertiary/aromatic N) is 8. The number of anilines is 2. The fourth-order valence-electron chi connectivity index (χ4n) is 11.7. The van der Waals surface area contributed by atoms with Crippen LogP contribution in [-0.4, -0.2) is 55.0 Å². The number of hydrogen-bond donors (Lipinski definition) is 0. The molecule has 82 heavy (non-hydrogen) atoms. The Bertz CT molecular complexity index is 4870. The highest BCUT2D eigenvalue weighted by Gasteiger charge is 2.31. The molecule has 0 aliphatic heterocycles. The van der Waals surface area contributed by atoms with Gasteiger partial charge in [-0.1, -0.05) is 95.5 Å². The number of ketones is 1. The molecular weight excluding hydrogens is 1090 g/mol. The molecule has 1 aliphatic rings. The second-order valence-corrected chi connectivity index (χ2v) is 21.7. The molecule has 16 heteroatoms. The Labute approximate surface area is 484 Å². The van der Waals surface area contributed by atoms with Gasteiger partial charge in [0.25, 0.3) is 11.8 Å². The molecule has 13 rings (SSSR count). The minimum atomic E-state index is -0.377. The average Bonchev–Trinajstić information content (AvgIpc) is 4.07. The summed E-state index contributed by atoms with van der Waals surface area (Å²) in [4.78, 5) is 46.9. The Balaban J connectivity index is 0.900. The van der Waals surface area contributed by atoms with E-state index in [1.807, 2.05) is 130 Å². The smallest absolute Gasteiger partial charge is 0.261 e. The van der Waals surface area contributed by atoms with Crippen molar-refractivity contribution in [2.75, 3.05) is 38.1 Å².